The molecule has 0 fully saturated rings. The van der Waals surface area contributed by atoms with Gasteiger partial charge in [0.2, 0.25) is 0 Å². The first-order valence-electron chi connectivity index (χ1n) is 4.59. The van der Waals surface area contributed by atoms with Crippen molar-refractivity contribution in [3.8, 4) is 0 Å². The van der Waals surface area contributed by atoms with Crippen LogP contribution in [0.4, 0.5) is 0 Å². The van der Waals surface area contributed by atoms with E-state index < -0.39 is 0 Å². The van der Waals surface area contributed by atoms with Gasteiger partial charge in [-0.15, -0.1) is 11.3 Å². The summed E-state index contributed by atoms with van der Waals surface area (Å²) in [5.74, 6) is 0. The molecule has 0 aliphatic carbocycles. The summed E-state index contributed by atoms with van der Waals surface area (Å²) < 4.78 is 0. The molecule has 1 aromatic rings. The Labute approximate surface area is 88.9 Å². The van der Waals surface area contributed by atoms with E-state index in [1.807, 2.05) is 23.1 Å². The van der Waals surface area contributed by atoms with Crippen LogP contribution in [0.3, 0.4) is 0 Å². The van der Waals surface area contributed by atoms with E-state index in [0.717, 1.165) is 18.3 Å². The monoisotopic (exact) mass is 215 g/mol. The number of nitrogens with one attached hydrogen (secondary N) is 1. The fourth-order valence-corrected chi connectivity index (χ4v) is 2.08. The molecule has 1 unspecified atom stereocenters. The molecule has 0 radical (unpaired) electrons. The summed E-state index contributed by atoms with van der Waals surface area (Å²) in [6, 6.07) is 4.28. The number of thioether (sulfide) groups is 1. The van der Waals surface area contributed by atoms with E-state index in [1.165, 1.54) is 11.3 Å². The largest absolute Gasteiger partial charge is 0.312 e. The smallest absolute Gasteiger partial charge is 0.0299 e. The summed E-state index contributed by atoms with van der Waals surface area (Å²) in [5.41, 5.74) is 0. The Hall–Kier alpha value is 0.01000. The van der Waals surface area contributed by atoms with E-state index in [1.54, 1.807) is 0 Å². The molecular formula is C10H17NS2. The van der Waals surface area contributed by atoms with Crippen LogP contribution in [0, 0.1) is 0 Å². The third kappa shape index (κ3) is 4.69. The number of hydrogen-bond acceptors (Lipinski definition) is 3. The van der Waals surface area contributed by atoms with E-state index in [9.17, 15) is 0 Å². The Balaban J connectivity index is 2.02. The fourth-order valence-electron chi connectivity index (χ4n) is 1.05. The van der Waals surface area contributed by atoms with E-state index in [2.05, 4.69) is 36.0 Å². The topological polar surface area (TPSA) is 12.0 Å². The van der Waals surface area contributed by atoms with E-state index in [4.69, 9.17) is 0 Å². The van der Waals surface area contributed by atoms with Crippen molar-refractivity contribution in [1.82, 2.24) is 5.32 Å². The molecule has 0 bridgehead atoms. The average Bonchev–Trinajstić information content (AvgIpc) is 2.64. The maximum Gasteiger partial charge on any atom is 0.0299 e. The van der Waals surface area contributed by atoms with Crippen LogP contribution in [-0.4, -0.2) is 18.1 Å². The van der Waals surface area contributed by atoms with Gasteiger partial charge >= 0.3 is 0 Å². The zero-order valence-electron chi connectivity index (χ0n) is 8.25. The predicted molar refractivity (Wildman–Crippen MR) is 63.6 cm³/mol. The molecule has 0 aromatic carbocycles. The van der Waals surface area contributed by atoms with Gasteiger partial charge in [-0.25, -0.2) is 0 Å². The molecule has 1 rings (SSSR count). The van der Waals surface area contributed by atoms with Crippen molar-refractivity contribution in [3.05, 3.63) is 22.4 Å². The second-order valence-electron chi connectivity index (χ2n) is 3.09. The lowest BCUT2D eigenvalue weighted by molar-refractivity contribution is 0.653. The van der Waals surface area contributed by atoms with Crippen LogP contribution in [0.2, 0.25) is 0 Å². The fraction of sp³-hybridized carbons (Fsp3) is 0.600. The van der Waals surface area contributed by atoms with Crippen LogP contribution in [0.5, 0.6) is 0 Å². The molecule has 1 heterocycles. The van der Waals surface area contributed by atoms with Gasteiger partial charge in [0.15, 0.2) is 0 Å². The summed E-state index contributed by atoms with van der Waals surface area (Å²) in [4.78, 5) is 1.43. The highest BCUT2D eigenvalue weighted by Crippen LogP contribution is 2.09. The van der Waals surface area contributed by atoms with Gasteiger partial charge in [0.05, 0.1) is 0 Å². The van der Waals surface area contributed by atoms with Gasteiger partial charge in [-0.3, -0.25) is 0 Å². The zero-order chi connectivity index (χ0) is 9.52. The molecule has 0 amide bonds. The molecule has 13 heavy (non-hydrogen) atoms. The molecule has 0 saturated carbocycles. The molecule has 3 heteroatoms. The summed E-state index contributed by atoms with van der Waals surface area (Å²) in [6.07, 6.45) is 3.43. The van der Waals surface area contributed by atoms with E-state index in [-0.39, 0.29) is 0 Å². The van der Waals surface area contributed by atoms with Gasteiger partial charge in [0.1, 0.15) is 0 Å². The Morgan fingerprint density at radius 3 is 3.08 bits per heavy atom. The Bertz CT molecular complexity index is 209. The minimum absolute atomic E-state index is 0.774. The van der Waals surface area contributed by atoms with Crippen molar-refractivity contribution in [2.45, 2.75) is 25.1 Å². The lowest BCUT2D eigenvalue weighted by Crippen LogP contribution is -2.16. The lowest BCUT2D eigenvalue weighted by Gasteiger charge is -2.07. The van der Waals surface area contributed by atoms with Crippen molar-refractivity contribution in [2.24, 2.45) is 0 Å². The SMILES string of the molecule is CSC(C)CCNCc1cccs1. The first kappa shape index (κ1) is 11.1. The lowest BCUT2D eigenvalue weighted by atomic mass is 10.3. The van der Waals surface area contributed by atoms with Crippen molar-refractivity contribution in [3.63, 3.8) is 0 Å². The molecule has 0 spiro atoms. The van der Waals surface area contributed by atoms with Gasteiger partial charge in [-0.1, -0.05) is 13.0 Å². The number of hydrogen-bond donors (Lipinski definition) is 1. The summed E-state index contributed by atoms with van der Waals surface area (Å²) in [6.45, 7) is 4.43. The molecular weight excluding hydrogens is 198 g/mol. The second kappa shape index (κ2) is 6.46. The van der Waals surface area contributed by atoms with Gasteiger partial charge < -0.3 is 5.32 Å². The Morgan fingerprint density at radius 1 is 1.62 bits per heavy atom. The molecule has 0 saturated heterocycles. The van der Waals surface area contributed by atoms with Crippen molar-refractivity contribution in [1.29, 1.82) is 0 Å². The average molecular weight is 215 g/mol. The minimum Gasteiger partial charge on any atom is -0.312 e. The molecule has 1 atom stereocenters. The quantitative estimate of drug-likeness (QED) is 0.732. The molecule has 0 aliphatic heterocycles. The maximum absolute atomic E-state index is 3.45. The summed E-state index contributed by atoms with van der Waals surface area (Å²) in [7, 11) is 0. The third-order valence-electron chi connectivity index (χ3n) is 2.01. The molecule has 1 N–H and O–H groups in total. The third-order valence-corrected chi connectivity index (χ3v) is 3.93. The predicted octanol–water partition coefficient (Wildman–Crippen LogP) is 2.98. The molecule has 1 aromatic heterocycles. The second-order valence-corrected chi connectivity index (χ2v) is 5.40. The van der Waals surface area contributed by atoms with Crippen molar-refractivity contribution >= 4 is 23.1 Å². The van der Waals surface area contributed by atoms with E-state index >= 15 is 0 Å². The molecule has 1 nitrogen and oxygen atoms in total. The molecule has 0 aliphatic rings. The first-order valence-corrected chi connectivity index (χ1v) is 6.75. The van der Waals surface area contributed by atoms with Gasteiger partial charge in [0.25, 0.3) is 0 Å². The Kier molecular flexibility index (Phi) is 5.51. The van der Waals surface area contributed by atoms with Crippen LogP contribution < -0.4 is 5.32 Å². The number of thiophene rings is 1. The van der Waals surface area contributed by atoms with Gasteiger partial charge in [-0.05, 0) is 30.7 Å². The highest BCUT2D eigenvalue weighted by molar-refractivity contribution is 7.99. The maximum atomic E-state index is 3.45. The van der Waals surface area contributed by atoms with Crippen molar-refractivity contribution in [2.75, 3.05) is 12.8 Å². The first-order chi connectivity index (χ1) is 6.33. The van der Waals surface area contributed by atoms with Gasteiger partial charge in [0, 0.05) is 16.7 Å². The van der Waals surface area contributed by atoms with E-state index in [0.29, 0.717) is 0 Å². The van der Waals surface area contributed by atoms with Crippen LogP contribution in [-0.2, 0) is 6.54 Å². The zero-order valence-corrected chi connectivity index (χ0v) is 9.88. The normalized spacial score (nSPS) is 13.1. The Morgan fingerprint density at radius 2 is 2.46 bits per heavy atom. The summed E-state index contributed by atoms with van der Waals surface area (Å²) >= 11 is 3.76. The minimum atomic E-state index is 0.774. The number of rotatable bonds is 6. The van der Waals surface area contributed by atoms with Crippen LogP contribution in [0.15, 0.2) is 17.5 Å². The summed E-state index contributed by atoms with van der Waals surface area (Å²) in [5, 5.41) is 6.35. The molecule has 74 valence electrons. The van der Waals surface area contributed by atoms with Crippen LogP contribution in [0.1, 0.15) is 18.2 Å². The standard InChI is InChI=1S/C10H17NS2/c1-9(12-2)5-6-11-8-10-4-3-7-13-10/h3-4,7,9,11H,5-6,8H2,1-2H3. The van der Waals surface area contributed by atoms with Crippen molar-refractivity contribution < 1.29 is 0 Å². The van der Waals surface area contributed by atoms with Gasteiger partial charge in [-0.2, -0.15) is 11.8 Å². The highest BCUT2D eigenvalue weighted by Gasteiger charge is 1.98. The highest BCUT2D eigenvalue weighted by atomic mass is 32.2. The van der Waals surface area contributed by atoms with Crippen LogP contribution in [0.25, 0.3) is 0 Å². The van der Waals surface area contributed by atoms with Crippen LogP contribution >= 0.6 is 23.1 Å².